The number of rotatable bonds is 14. The van der Waals surface area contributed by atoms with Crippen LogP contribution in [-0.2, 0) is 16.8 Å². The summed E-state index contributed by atoms with van der Waals surface area (Å²) in [7, 11) is 0. The van der Waals surface area contributed by atoms with Crippen LogP contribution in [0.25, 0.3) is 5.76 Å². The monoisotopic (exact) mass is 475 g/mol. The molecule has 0 atom stereocenters. The summed E-state index contributed by atoms with van der Waals surface area (Å²) in [5, 5.41) is 0. The van der Waals surface area contributed by atoms with Gasteiger partial charge in [-0.25, -0.2) is 9.97 Å². The van der Waals surface area contributed by atoms with Crippen LogP contribution in [0.1, 0.15) is 62.7 Å². The Bertz CT molecular complexity index is 1060. The summed E-state index contributed by atoms with van der Waals surface area (Å²) < 4.78 is 17.2. The van der Waals surface area contributed by atoms with Crippen LogP contribution in [0.2, 0.25) is 0 Å². The molecule has 0 radical (unpaired) electrons. The quantitative estimate of drug-likeness (QED) is 0.231. The maximum absolute atomic E-state index is 5.95. The third kappa shape index (κ3) is 7.55. The second kappa shape index (κ2) is 12.9. The van der Waals surface area contributed by atoms with E-state index in [-0.39, 0.29) is 5.41 Å². The third-order valence-corrected chi connectivity index (χ3v) is 5.94. The maximum Gasteiger partial charge on any atom is 0.194 e. The van der Waals surface area contributed by atoms with Gasteiger partial charge in [0.05, 0.1) is 18.9 Å². The molecule has 3 aromatic rings. The van der Waals surface area contributed by atoms with Gasteiger partial charge in [0.2, 0.25) is 0 Å². The van der Waals surface area contributed by atoms with Crippen molar-refractivity contribution in [3.8, 4) is 11.5 Å². The van der Waals surface area contributed by atoms with Crippen molar-refractivity contribution in [2.45, 2.75) is 52.1 Å². The Hall–Kier alpha value is -3.38. The molecular formula is C29H37N3O3. The van der Waals surface area contributed by atoms with Gasteiger partial charge in [-0.05, 0) is 74.2 Å². The first-order chi connectivity index (χ1) is 16.9. The minimum atomic E-state index is -0.153. The summed E-state index contributed by atoms with van der Waals surface area (Å²) in [6, 6.07) is 18.4. The van der Waals surface area contributed by atoms with Crippen LogP contribution in [0.5, 0.6) is 11.5 Å². The molecule has 2 N–H and O–H groups in total. The highest BCUT2D eigenvalue weighted by atomic mass is 16.5. The van der Waals surface area contributed by atoms with Gasteiger partial charge in [-0.2, -0.15) is 0 Å². The first-order valence-corrected chi connectivity index (χ1v) is 12.2. The molecule has 0 unspecified atom stereocenters. The number of nitrogens with two attached hydrogens (primary N) is 1. The van der Waals surface area contributed by atoms with Crippen molar-refractivity contribution < 1.29 is 14.2 Å². The number of hydrogen-bond acceptors (Lipinski definition) is 6. The first-order valence-electron chi connectivity index (χ1n) is 12.2. The highest BCUT2D eigenvalue weighted by Gasteiger charge is 2.23. The Labute approximate surface area is 209 Å². The molecule has 6 heteroatoms. The number of aromatic nitrogens is 2. The van der Waals surface area contributed by atoms with Gasteiger partial charge in [-0.15, -0.1) is 0 Å². The Morgan fingerprint density at radius 3 is 2.11 bits per heavy atom. The van der Waals surface area contributed by atoms with E-state index in [1.165, 1.54) is 11.1 Å². The fourth-order valence-corrected chi connectivity index (χ4v) is 3.72. The first kappa shape index (κ1) is 26.2. The van der Waals surface area contributed by atoms with Gasteiger partial charge in [-0.1, -0.05) is 44.7 Å². The highest BCUT2D eigenvalue weighted by molar-refractivity contribution is 5.49. The van der Waals surface area contributed by atoms with Crippen LogP contribution < -0.4 is 15.2 Å². The zero-order valence-corrected chi connectivity index (χ0v) is 21.1. The van der Waals surface area contributed by atoms with Crippen LogP contribution in [-0.4, -0.2) is 29.7 Å². The normalized spacial score (nSPS) is 11.2. The van der Waals surface area contributed by atoms with Crippen molar-refractivity contribution in [2.75, 3.05) is 19.8 Å². The Morgan fingerprint density at radius 1 is 0.886 bits per heavy atom. The van der Waals surface area contributed by atoms with E-state index in [1.54, 1.807) is 6.20 Å². The average Bonchev–Trinajstić information content (AvgIpc) is 2.88. The lowest BCUT2D eigenvalue weighted by Gasteiger charge is -2.26. The molecular weight excluding hydrogens is 438 g/mol. The number of hydrogen-bond donors (Lipinski definition) is 1. The Balaban J connectivity index is 1.57. The highest BCUT2D eigenvalue weighted by Crippen LogP contribution is 2.33. The van der Waals surface area contributed by atoms with Crippen molar-refractivity contribution in [3.63, 3.8) is 0 Å². The second-order valence-electron chi connectivity index (χ2n) is 8.89. The van der Waals surface area contributed by atoms with Crippen molar-refractivity contribution >= 4 is 5.76 Å². The van der Waals surface area contributed by atoms with E-state index in [9.17, 15) is 0 Å². The molecule has 1 aromatic heterocycles. The van der Waals surface area contributed by atoms with Crippen molar-refractivity contribution in [1.29, 1.82) is 0 Å². The zero-order chi connectivity index (χ0) is 25.1. The van der Waals surface area contributed by atoms with Gasteiger partial charge in [0.15, 0.2) is 11.6 Å². The van der Waals surface area contributed by atoms with E-state index in [0.29, 0.717) is 24.8 Å². The van der Waals surface area contributed by atoms with Crippen LogP contribution in [0.3, 0.4) is 0 Å². The summed E-state index contributed by atoms with van der Waals surface area (Å²) in [5.74, 6) is 2.63. The molecule has 0 spiro atoms. The topological polar surface area (TPSA) is 79.5 Å². The molecule has 0 amide bonds. The van der Waals surface area contributed by atoms with Gasteiger partial charge < -0.3 is 19.9 Å². The lowest BCUT2D eigenvalue weighted by atomic mass is 9.78. The number of ether oxygens (including phenoxy) is 3. The van der Waals surface area contributed by atoms with Crippen LogP contribution in [0.4, 0.5) is 0 Å². The van der Waals surface area contributed by atoms with E-state index < -0.39 is 0 Å². The summed E-state index contributed by atoms with van der Waals surface area (Å²) in [6.07, 6.45) is 4.87. The molecule has 0 saturated carbocycles. The zero-order valence-electron chi connectivity index (χ0n) is 21.1. The van der Waals surface area contributed by atoms with Crippen molar-refractivity contribution in [1.82, 2.24) is 9.97 Å². The van der Waals surface area contributed by atoms with E-state index in [2.05, 4.69) is 54.7 Å². The number of benzene rings is 2. The minimum absolute atomic E-state index is 0.153. The molecule has 2 aromatic carbocycles. The average molecular weight is 476 g/mol. The summed E-state index contributed by atoms with van der Waals surface area (Å²) in [4.78, 5) is 8.67. The molecule has 0 fully saturated rings. The van der Waals surface area contributed by atoms with Crippen LogP contribution in [0, 0.1) is 0 Å². The van der Waals surface area contributed by atoms with Gasteiger partial charge in [0.1, 0.15) is 18.1 Å². The van der Waals surface area contributed by atoms with Gasteiger partial charge in [0.25, 0.3) is 0 Å². The molecule has 186 valence electrons. The summed E-state index contributed by atoms with van der Waals surface area (Å²) >= 11 is 0. The second-order valence-corrected chi connectivity index (χ2v) is 8.89. The third-order valence-electron chi connectivity index (χ3n) is 5.94. The smallest absolute Gasteiger partial charge is 0.194 e. The molecule has 0 aliphatic carbocycles. The van der Waals surface area contributed by atoms with E-state index >= 15 is 0 Å². The lowest BCUT2D eigenvalue weighted by Crippen LogP contribution is -2.18. The minimum Gasteiger partial charge on any atom is -0.494 e. The number of nitrogens with zero attached hydrogens (tertiary/aromatic N) is 2. The van der Waals surface area contributed by atoms with E-state index in [0.717, 1.165) is 49.6 Å². The van der Waals surface area contributed by atoms with Gasteiger partial charge >= 0.3 is 0 Å². The molecule has 0 aliphatic heterocycles. The van der Waals surface area contributed by atoms with E-state index in [4.69, 9.17) is 19.9 Å². The lowest BCUT2D eigenvalue weighted by molar-refractivity contribution is 0.291. The Morgan fingerprint density at radius 2 is 1.51 bits per heavy atom. The number of unbranched alkanes of at least 4 members (excludes halogenated alkanes) is 2. The predicted molar refractivity (Wildman–Crippen MR) is 140 cm³/mol. The van der Waals surface area contributed by atoms with Crippen LogP contribution >= 0.6 is 0 Å². The molecule has 35 heavy (non-hydrogen) atoms. The fourth-order valence-electron chi connectivity index (χ4n) is 3.72. The van der Waals surface area contributed by atoms with E-state index in [1.807, 2.05) is 37.3 Å². The Kier molecular flexibility index (Phi) is 9.67. The van der Waals surface area contributed by atoms with Crippen molar-refractivity contribution in [2.24, 2.45) is 5.73 Å². The maximum atomic E-state index is 5.95. The molecule has 0 saturated heterocycles. The van der Waals surface area contributed by atoms with Crippen molar-refractivity contribution in [3.05, 3.63) is 90.0 Å². The summed E-state index contributed by atoms with van der Waals surface area (Å²) in [5.41, 5.74) is 8.58. The molecule has 6 nitrogen and oxygen atoms in total. The molecule has 0 bridgehead atoms. The largest absolute Gasteiger partial charge is 0.494 e. The molecule has 0 aliphatic rings. The molecule has 3 rings (SSSR count). The SMILES string of the molecule is C=C(OCC)c1nccc(COc2ccc(C(C)(C)c3ccc(OCCCCCN)cc3)cc2)n1. The van der Waals surface area contributed by atoms with Crippen LogP contribution in [0.15, 0.2) is 67.4 Å². The standard InChI is InChI=1S/C29H37N3O3/c1-5-33-22(2)28-31-19-17-25(32-28)21-35-27-15-11-24(12-16-27)29(3,4)23-9-13-26(14-10-23)34-20-8-6-7-18-30/h9-17,19H,2,5-8,18,20-21,30H2,1,3-4H3. The fraction of sp³-hybridized carbons (Fsp3) is 0.379. The van der Waals surface area contributed by atoms with Gasteiger partial charge in [0, 0.05) is 11.6 Å². The van der Waals surface area contributed by atoms with Gasteiger partial charge in [-0.3, -0.25) is 0 Å². The predicted octanol–water partition coefficient (Wildman–Crippen LogP) is 5.90. The molecule has 1 heterocycles. The summed E-state index contributed by atoms with van der Waals surface area (Å²) in [6.45, 7) is 12.5.